The summed E-state index contributed by atoms with van der Waals surface area (Å²) in [5, 5.41) is 11.2. The van der Waals surface area contributed by atoms with Gasteiger partial charge in [0.05, 0.1) is 11.6 Å². The quantitative estimate of drug-likeness (QED) is 0.839. The van der Waals surface area contributed by atoms with Gasteiger partial charge in [0.15, 0.2) is 0 Å². The molecule has 2 rings (SSSR count). The van der Waals surface area contributed by atoms with Crippen LogP contribution in [-0.2, 0) is 11.3 Å². The lowest BCUT2D eigenvalue weighted by molar-refractivity contribution is -0.126. The Morgan fingerprint density at radius 2 is 2.16 bits per heavy atom. The zero-order valence-corrected chi connectivity index (χ0v) is 10.9. The lowest BCUT2D eigenvalue weighted by Crippen LogP contribution is -2.45. The number of hydrogen-bond donors (Lipinski definition) is 1. The number of nitrogens with zero attached hydrogens (tertiary/aromatic N) is 2. The number of carbonyl (C=O) groups excluding carboxylic acids is 2. The molecule has 1 N–H and O–H groups in total. The average Bonchev–Trinajstić information content (AvgIpc) is 2.63. The summed E-state index contributed by atoms with van der Waals surface area (Å²) in [6.07, 6.45) is 0.544. The van der Waals surface area contributed by atoms with Gasteiger partial charge in [-0.2, -0.15) is 5.26 Å². The van der Waals surface area contributed by atoms with Crippen LogP contribution >= 0.6 is 0 Å². The number of urea groups is 1. The van der Waals surface area contributed by atoms with Crippen LogP contribution in [0.25, 0.3) is 0 Å². The van der Waals surface area contributed by atoms with E-state index in [-0.39, 0.29) is 11.9 Å². The number of rotatable bonds is 3. The monoisotopic (exact) mass is 257 g/mol. The van der Waals surface area contributed by atoms with Crippen molar-refractivity contribution < 1.29 is 9.59 Å². The van der Waals surface area contributed by atoms with Crippen LogP contribution in [0.3, 0.4) is 0 Å². The summed E-state index contributed by atoms with van der Waals surface area (Å²) >= 11 is 0. The van der Waals surface area contributed by atoms with Gasteiger partial charge in [0.1, 0.15) is 5.54 Å². The van der Waals surface area contributed by atoms with Crippen LogP contribution in [0.15, 0.2) is 24.3 Å². The number of imide groups is 1. The molecular formula is C14H15N3O2. The second-order valence-electron chi connectivity index (χ2n) is 4.79. The molecule has 98 valence electrons. The molecule has 1 aromatic rings. The number of nitrogens with one attached hydrogen (secondary N) is 1. The molecule has 19 heavy (non-hydrogen) atoms. The first kappa shape index (κ1) is 13.1. The van der Waals surface area contributed by atoms with Gasteiger partial charge in [0, 0.05) is 6.54 Å². The summed E-state index contributed by atoms with van der Waals surface area (Å²) in [6, 6.07) is 8.73. The Morgan fingerprint density at radius 3 is 2.79 bits per heavy atom. The lowest BCUT2D eigenvalue weighted by Gasteiger charge is -2.30. The molecule has 1 atom stereocenters. The fraction of sp³-hybridized carbons (Fsp3) is 0.357. The Balaban J connectivity index is 2.29. The van der Waals surface area contributed by atoms with Crippen LogP contribution in [-0.4, -0.2) is 22.4 Å². The van der Waals surface area contributed by atoms with Gasteiger partial charge in [0.25, 0.3) is 5.91 Å². The summed E-state index contributed by atoms with van der Waals surface area (Å²) < 4.78 is 0. The van der Waals surface area contributed by atoms with Gasteiger partial charge in [0.2, 0.25) is 0 Å². The minimum Gasteiger partial charge on any atom is -0.306 e. The molecule has 1 aliphatic heterocycles. The summed E-state index contributed by atoms with van der Waals surface area (Å²) in [5.74, 6) is -0.267. The van der Waals surface area contributed by atoms with Crippen LogP contribution < -0.4 is 5.32 Å². The van der Waals surface area contributed by atoms with E-state index >= 15 is 0 Å². The van der Waals surface area contributed by atoms with Crippen molar-refractivity contribution in [2.45, 2.75) is 32.4 Å². The van der Waals surface area contributed by atoms with Crippen molar-refractivity contribution in [3.63, 3.8) is 0 Å². The summed E-state index contributed by atoms with van der Waals surface area (Å²) in [4.78, 5) is 25.2. The first-order valence-corrected chi connectivity index (χ1v) is 6.13. The third kappa shape index (κ3) is 2.17. The van der Waals surface area contributed by atoms with Crippen LogP contribution in [0.5, 0.6) is 0 Å². The predicted molar refractivity (Wildman–Crippen MR) is 68.9 cm³/mol. The maximum Gasteiger partial charge on any atom is 0.325 e. The second kappa shape index (κ2) is 4.73. The molecule has 0 aliphatic carbocycles. The number of amides is 3. The first-order chi connectivity index (χ1) is 9.01. The normalized spacial score (nSPS) is 22.3. The third-order valence-electron chi connectivity index (χ3n) is 3.64. The molecule has 0 saturated carbocycles. The van der Waals surface area contributed by atoms with Gasteiger partial charge in [-0.3, -0.25) is 10.1 Å². The fourth-order valence-corrected chi connectivity index (χ4v) is 2.17. The van der Waals surface area contributed by atoms with Gasteiger partial charge in [-0.25, -0.2) is 4.79 Å². The van der Waals surface area contributed by atoms with E-state index in [0.29, 0.717) is 18.5 Å². The zero-order chi connectivity index (χ0) is 14.0. The highest BCUT2D eigenvalue weighted by atomic mass is 16.2. The van der Waals surface area contributed by atoms with Crippen molar-refractivity contribution >= 4 is 11.9 Å². The van der Waals surface area contributed by atoms with E-state index in [1.54, 1.807) is 25.1 Å². The highest BCUT2D eigenvalue weighted by Crippen LogP contribution is 2.27. The smallest absolute Gasteiger partial charge is 0.306 e. The molecule has 1 aromatic carbocycles. The van der Waals surface area contributed by atoms with E-state index in [9.17, 15) is 9.59 Å². The Hall–Kier alpha value is -2.35. The Labute approximate surface area is 111 Å². The maximum absolute atomic E-state index is 11.8. The number of hydrogen-bond acceptors (Lipinski definition) is 3. The molecule has 0 spiro atoms. The number of carbonyl (C=O) groups is 2. The summed E-state index contributed by atoms with van der Waals surface area (Å²) in [6.45, 7) is 3.94. The van der Waals surface area contributed by atoms with Crippen molar-refractivity contribution in [1.29, 1.82) is 5.26 Å². The first-order valence-electron chi connectivity index (χ1n) is 6.13. The van der Waals surface area contributed by atoms with Crippen LogP contribution in [0.1, 0.15) is 31.4 Å². The molecule has 0 radical (unpaired) electrons. The van der Waals surface area contributed by atoms with E-state index in [4.69, 9.17) is 5.26 Å². The Bertz CT molecular complexity index is 576. The van der Waals surface area contributed by atoms with E-state index in [2.05, 4.69) is 11.4 Å². The van der Waals surface area contributed by atoms with Gasteiger partial charge in [-0.05, 0) is 31.0 Å². The second-order valence-corrected chi connectivity index (χ2v) is 4.79. The van der Waals surface area contributed by atoms with E-state index < -0.39 is 5.54 Å². The largest absolute Gasteiger partial charge is 0.325 e. The predicted octanol–water partition coefficient (Wildman–Crippen LogP) is 1.78. The molecule has 3 amide bonds. The molecular weight excluding hydrogens is 242 g/mol. The summed E-state index contributed by atoms with van der Waals surface area (Å²) in [7, 11) is 0. The molecule has 0 bridgehead atoms. The van der Waals surface area contributed by atoms with E-state index in [1.165, 1.54) is 4.90 Å². The summed E-state index contributed by atoms with van der Waals surface area (Å²) in [5.41, 5.74) is 0.560. The van der Waals surface area contributed by atoms with Crippen LogP contribution in [0, 0.1) is 11.3 Å². The lowest BCUT2D eigenvalue weighted by atomic mass is 9.96. The zero-order valence-electron chi connectivity index (χ0n) is 10.9. The van der Waals surface area contributed by atoms with Crippen molar-refractivity contribution in [3.8, 4) is 6.07 Å². The molecule has 1 heterocycles. The average molecular weight is 257 g/mol. The fourth-order valence-electron chi connectivity index (χ4n) is 2.17. The minimum absolute atomic E-state index is 0.267. The molecule has 5 heteroatoms. The Morgan fingerprint density at radius 1 is 1.42 bits per heavy atom. The molecule has 0 aromatic heterocycles. The van der Waals surface area contributed by atoms with Crippen LogP contribution in [0.4, 0.5) is 4.79 Å². The number of nitriles is 1. The van der Waals surface area contributed by atoms with E-state index in [1.807, 2.05) is 13.0 Å². The van der Waals surface area contributed by atoms with Gasteiger partial charge < -0.3 is 4.90 Å². The molecule has 1 aliphatic rings. The number of benzene rings is 1. The highest BCUT2D eigenvalue weighted by Gasteiger charge is 2.47. The molecule has 1 unspecified atom stereocenters. The SMILES string of the molecule is CCC1(C)C(=O)NC(=O)N1Cc1cccc(C#N)c1. The van der Waals surface area contributed by atoms with E-state index in [0.717, 1.165) is 5.56 Å². The Kier molecular flexibility index (Phi) is 3.26. The van der Waals surface area contributed by atoms with Gasteiger partial charge >= 0.3 is 6.03 Å². The topological polar surface area (TPSA) is 73.2 Å². The minimum atomic E-state index is -0.820. The van der Waals surface area contributed by atoms with Crippen molar-refractivity contribution in [3.05, 3.63) is 35.4 Å². The van der Waals surface area contributed by atoms with Crippen LogP contribution in [0.2, 0.25) is 0 Å². The standard InChI is InChI=1S/C14H15N3O2/c1-3-14(2)12(18)16-13(19)17(14)9-11-6-4-5-10(7-11)8-15/h4-7H,3,9H2,1-2H3,(H,16,18,19). The van der Waals surface area contributed by atoms with Crippen molar-refractivity contribution in [2.75, 3.05) is 0 Å². The highest BCUT2D eigenvalue weighted by molar-refractivity contribution is 6.06. The molecule has 1 fully saturated rings. The maximum atomic E-state index is 11.8. The van der Waals surface area contributed by atoms with Crippen molar-refractivity contribution in [2.24, 2.45) is 0 Å². The third-order valence-corrected chi connectivity index (χ3v) is 3.64. The van der Waals surface area contributed by atoms with Gasteiger partial charge in [-0.15, -0.1) is 0 Å². The molecule has 1 saturated heterocycles. The molecule has 5 nitrogen and oxygen atoms in total. The van der Waals surface area contributed by atoms with Gasteiger partial charge in [-0.1, -0.05) is 19.1 Å². The van der Waals surface area contributed by atoms with Crippen molar-refractivity contribution in [1.82, 2.24) is 10.2 Å².